The fraction of sp³-hybridized carbons (Fsp3) is 0.292. The minimum absolute atomic E-state index is 0.123. The van der Waals surface area contributed by atoms with E-state index in [1.165, 1.54) is 23.3 Å². The Kier molecular flexibility index (Phi) is 7.71. The lowest BCUT2D eigenvalue weighted by molar-refractivity contribution is -0.134. The maximum atomic E-state index is 13.0. The summed E-state index contributed by atoms with van der Waals surface area (Å²) in [5.41, 5.74) is 3.40. The van der Waals surface area contributed by atoms with Crippen LogP contribution in [0.15, 0.2) is 64.4 Å². The Balaban J connectivity index is 0.000000312. The number of aliphatic carboxylic acids is 2. The van der Waals surface area contributed by atoms with Crippen LogP contribution in [0.25, 0.3) is 0 Å². The van der Waals surface area contributed by atoms with Crippen molar-refractivity contribution >= 4 is 41.0 Å². The molecule has 0 radical (unpaired) electrons. The van der Waals surface area contributed by atoms with Crippen molar-refractivity contribution in [2.24, 2.45) is 5.92 Å². The summed E-state index contributed by atoms with van der Waals surface area (Å²) in [5, 5.41) is 15.6. The lowest BCUT2D eigenvalue weighted by atomic mass is 10.1. The molecule has 0 spiro atoms. The van der Waals surface area contributed by atoms with E-state index in [9.17, 15) is 14.4 Å². The lowest BCUT2D eigenvalue weighted by Crippen LogP contribution is -2.36. The molecule has 1 amide bonds. The van der Waals surface area contributed by atoms with Crippen molar-refractivity contribution in [2.45, 2.75) is 29.1 Å². The molecule has 1 aliphatic heterocycles. The number of nitrogens with zero attached hydrogens (tertiary/aromatic N) is 2. The maximum Gasteiger partial charge on any atom is 0.328 e. The summed E-state index contributed by atoms with van der Waals surface area (Å²) in [6.07, 6.45) is 4.94. The molecule has 2 aromatic rings. The van der Waals surface area contributed by atoms with Crippen LogP contribution < -0.4 is 4.90 Å². The minimum atomic E-state index is -1.26. The van der Waals surface area contributed by atoms with Gasteiger partial charge >= 0.3 is 11.9 Å². The molecule has 7 nitrogen and oxygen atoms in total. The van der Waals surface area contributed by atoms with Crippen molar-refractivity contribution in [3.05, 3.63) is 60.2 Å². The van der Waals surface area contributed by atoms with Gasteiger partial charge in [0.25, 0.3) is 0 Å². The number of carboxylic acid groups (broad SMARTS) is 2. The first-order chi connectivity index (χ1) is 15.2. The molecule has 168 valence electrons. The number of fused-ring (bicyclic) bond motifs is 2. The van der Waals surface area contributed by atoms with Gasteiger partial charge in [-0.2, -0.15) is 0 Å². The number of para-hydroxylation sites is 1. The molecule has 2 N–H and O–H groups in total. The Morgan fingerprint density at radius 2 is 1.62 bits per heavy atom. The third-order valence-electron chi connectivity index (χ3n) is 4.88. The Labute approximate surface area is 191 Å². The van der Waals surface area contributed by atoms with Gasteiger partial charge in [0.15, 0.2) is 0 Å². The van der Waals surface area contributed by atoms with Gasteiger partial charge in [-0.05, 0) is 69.1 Å². The number of rotatable bonds is 6. The molecule has 0 unspecified atom stereocenters. The molecule has 1 heterocycles. The van der Waals surface area contributed by atoms with Crippen LogP contribution in [0.3, 0.4) is 0 Å². The zero-order valence-electron chi connectivity index (χ0n) is 18.0. The highest BCUT2D eigenvalue weighted by Crippen LogP contribution is 2.48. The van der Waals surface area contributed by atoms with Crippen LogP contribution in [0.1, 0.15) is 18.4 Å². The van der Waals surface area contributed by atoms with E-state index in [1.54, 1.807) is 11.8 Å². The Morgan fingerprint density at radius 3 is 2.22 bits per heavy atom. The predicted molar refractivity (Wildman–Crippen MR) is 124 cm³/mol. The van der Waals surface area contributed by atoms with Crippen LogP contribution in [0.5, 0.6) is 0 Å². The van der Waals surface area contributed by atoms with Gasteiger partial charge in [0.05, 0.1) is 17.9 Å². The van der Waals surface area contributed by atoms with Crippen LogP contribution >= 0.6 is 11.8 Å². The van der Waals surface area contributed by atoms with Gasteiger partial charge in [-0.15, -0.1) is 0 Å². The van der Waals surface area contributed by atoms with Crippen LogP contribution in [0.4, 0.5) is 11.4 Å². The van der Waals surface area contributed by atoms with Gasteiger partial charge in [0.1, 0.15) is 0 Å². The van der Waals surface area contributed by atoms with Gasteiger partial charge < -0.3 is 15.1 Å². The highest BCUT2D eigenvalue weighted by Gasteiger charge is 2.29. The van der Waals surface area contributed by atoms with E-state index in [0.29, 0.717) is 18.7 Å². The van der Waals surface area contributed by atoms with E-state index in [0.717, 1.165) is 28.6 Å². The molecule has 2 aliphatic rings. The van der Waals surface area contributed by atoms with E-state index >= 15 is 0 Å². The molecule has 0 atom stereocenters. The first-order valence-electron chi connectivity index (χ1n) is 10.3. The van der Waals surface area contributed by atoms with E-state index in [4.69, 9.17) is 10.2 Å². The lowest BCUT2D eigenvalue weighted by Gasteiger charge is -2.32. The Bertz CT molecular complexity index is 1030. The average molecular weight is 455 g/mol. The minimum Gasteiger partial charge on any atom is -0.478 e. The second kappa shape index (κ2) is 10.5. The summed E-state index contributed by atoms with van der Waals surface area (Å²) in [5.74, 6) is -1.55. The van der Waals surface area contributed by atoms with E-state index in [2.05, 4.69) is 24.3 Å². The molecule has 0 bridgehead atoms. The summed E-state index contributed by atoms with van der Waals surface area (Å²) in [6.45, 7) is 0.408. The normalized spacial score (nSPS) is 14.4. The third kappa shape index (κ3) is 6.45. The number of amides is 1. The quantitative estimate of drug-likeness (QED) is 0.636. The summed E-state index contributed by atoms with van der Waals surface area (Å²) in [4.78, 5) is 38.2. The van der Waals surface area contributed by atoms with Gasteiger partial charge in [-0.1, -0.05) is 30.0 Å². The molecule has 0 saturated heterocycles. The summed E-state index contributed by atoms with van der Waals surface area (Å²) in [6, 6.07) is 14.8. The van der Waals surface area contributed by atoms with E-state index < -0.39 is 11.9 Å². The molecule has 1 aliphatic carbocycles. The maximum absolute atomic E-state index is 13.0. The largest absolute Gasteiger partial charge is 0.478 e. The molecular formula is C24H26N2O5S. The van der Waals surface area contributed by atoms with Crippen LogP contribution in [0, 0.1) is 5.92 Å². The van der Waals surface area contributed by atoms with Gasteiger partial charge in [-0.25, -0.2) is 9.59 Å². The van der Waals surface area contributed by atoms with Crippen LogP contribution in [0.2, 0.25) is 0 Å². The van der Waals surface area contributed by atoms with Crippen LogP contribution in [-0.4, -0.2) is 53.6 Å². The molecular weight excluding hydrogens is 428 g/mol. The zero-order valence-corrected chi connectivity index (χ0v) is 18.8. The number of likely N-dealkylation sites (N-methyl/N-ethyl adjacent to an activating group) is 1. The smallest absolute Gasteiger partial charge is 0.328 e. The number of carbonyl (C=O) groups is 3. The Hall–Kier alpha value is -3.10. The summed E-state index contributed by atoms with van der Waals surface area (Å²) < 4.78 is 0. The number of hydrogen-bond donors (Lipinski definition) is 2. The zero-order chi connectivity index (χ0) is 23.3. The fourth-order valence-electron chi connectivity index (χ4n) is 3.34. The Morgan fingerprint density at radius 1 is 1.00 bits per heavy atom. The number of benzene rings is 2. The highest BCUT2D eigenvalue weighted by molar-refractivity contribution is 7.99. The first-order valence-corrected chi connectivity index (χ1v) is 11.1. The van der Waals surface area contributed by atoms with Crippen molar-refractivity contribution in [1.82, 2.24) is 4.90 Å². The summed E-state index contributed by atoms with van der Waals surface area (Å²) >= 11 is 1.76. The van der Waals surface area contributed by atoms with E-state index in [1.807, 2.05) is 42.1 Å². The number of anilines is 2. The molecule has 32 heavy (non-hydrogen) atoms. The molecule has 8 heteroatoms. The second-order valence-electron chi connectivity index (χ2n) is 8.00. The number of hydrogen-bond acceptors (Lipinski definition) is 5. The molecule has 4 rings (SSSR count). The van der Waals surface area contributed by atoms with Gasteiger partial charge in [-0.3, -0.25) is 9.69 Å². The van der Waals surface area contributed by atoms with Crippen molar-refractivity contribution in [3.63, 3.8) is 0 Å². The standard InChI is InChI=1S/C20H22N2OS.C4H4O4/c1-21(2)13-20(23)22-16-5-3-4-6-18(16)24-19-10-9-15(12-17(19)22)11-14-7-8-14;5-3(6)1-2-4(7)8/h3-6,9-10,12,14H,7-8,11,13H2,1-2H3;1-2H,(H,5,6)(H,7,8)/b;2-1-. The second-order valence-corrected chi connectivity index (χ2v) is 9.08. The van der Waals surface area contributed by atoms with Crippen LogP contribution in [-0.2, 0) is 20.8 Å². The van der Waals surface area contributed by atoms with Crippen molar-refractivity contribution in [3.8, 4) is 0 Å². The van der Waals surface area contributed by atoms with Gasteiger partial charge in [0.2, 0.25) is 5.91 Å². The molecule has 1 saturated carbocycles. The fourth-order valence-corrected chi connectivity index (χ4v) is 4.37. The van der Waals surface area contributed by atoms with E-state index in [-0.39, 0.29) is 5.91 Å². The summed E-state index contributed by atoms with van der Waals surface area (Å²) in [7, 11) is 3.87. The van der Waals surface area contributed by atoms with Crippen molar-refractivity contribution < 1.29 is 24.6 Å². The average Bonchev–Trinajstić information content (AvgIpc) is 3.54. The highest BCUT2D eigenvalue weighted by atomic mass is 32.2. The molecule has 1 fully saturated rings. The predicted octanol–water partition coefficient (Wildman–Crippen LogP) is 4.04. The van der Waals surface area contributed by atoms with Gasteiger partial charge in [0, 0.05) is 21.9 Å². The molecule has 2 aromatic carbocycles. The van der Waals surface area contributed by atoms with Crippen molar-refractivity contribution in [1.29, 1.82) is 0 Å². The SMILES string of the molecule is CN(C)CC(=O)N1c2ccccc2Sc2ccc(CC3CC3)cc21.O=C(O)/C=C\C(=O)O. The number of carboxylic acids is 2. The monoisotopic (exact) mass is 454 g/mol. The van der Waals surface area contributed by atoms with Crippen molar-refractivity contribution in [2.75, 3.05) is 25.5 Å². The number of carbonyl (C=O) groups excluding carboxylic acids is 1. The first kappa shape index (κ1) is 23.6. The molecule has 0 aromatic heterocycles. The third-order valence-corrected chi connectivity index (χ3v) is 6.01. The topological polar surface area (TPSA) is 98.2 Å².